The lowest BCUT2D eigenvalue weighted by atomic mass is 9.99. The third kappa shape index (κ3) is 4.96. The lowest BCUT2D eigenvalue weighted by Crippen LogP contribution is -2.34. The molecule has 2 N–H and O–H groups in total. The molecule has 0 aliphatic heterocycles. The van der Waals surface area contributed by atoms with E-state index in [9.17, 15) is 9.59 Å². The molecule has 0 saturated heterocycles. The molecule has 0 aliphatic rings. The van der Waals surface area contributed by atoms with E-state index in [1.807, 2.05) is 38.1 Å². The molecule has 0 bridgehead atoms. The highest BCUT2D eigenvalue weighted by Gasteiger charge is 2.22. The molecule has 20 heavy (non-hydrogen) atoms. The number of hydrogen-bond acceptors (Lipinski definition) is 2. The monoisotopic (exact) mass is 341 g/mol. The number of hydrogen-bond donors (Lipinski definition) is 2. The number of carbonyl (C=O) groups excluding carboxylic acids is 1. The highest BCUT2D eigenvalue weighted by molar-refractivity contribution is 9.10. The Morgan fingerprint density at radius 3 is 2.45 bits per heavy atom. The average molecular weight is 342 g/mol. The Morgan fingerprint density at radius 2 is 1.95 bits per heavy atom. The lowest BCUT2D eigenvalue weighted by Gasteiger charge is -2.21. The number of carbonyl (C=O) groups is 2. The van der Waals surface area contributed by atoms with E-state index in [4.69, 9.17) is 5.11 Å². The van der Waals surface area contributed by atoms with Gasteiger partial charge in [-0.2, -0.15) is 0 Å². The molecule has 1 atom stereocenters. The van der Waals surface area contributed by atoms with Crippen molar-refractivity contribution >= 4 is 27.8 Å². The van der Waals surface area contributed by atoms with Gasteiger partial charge in [0.05, 0.1) is 12.5 Å². The minimum Gasteiger partial charge on any atom is -0.481 e. The Hall–Kier alpha value is -1.36. The number of carboxylic acids is 1. The summed E-state index contributed by atoms with van der Waals surface area (Å²) >= 11 is 3.36. The SMILES string of the molecule is CCC(CC)C(=O)NC(CC(=O)O)c1cccc(Br)c1. The summed E-state index contributed by atoms with van der Waals surface area (Å²) in [6.45, 7) is 3.91. The first kappa shape index (κ1) is 16.7. The second-order valence-corrected chi connectivity index (χ2v) is 5.64. The first-order valence-electron chi connectivity index (χ1n) is 6.75. The van der Waals surface area contributed by atoms with Crippen molar-refractivity contribution in [1.82, 2.24) is 5.32 Å². The molecule has 110 valence electrons. The summed E-state index contributed by atoms with van der Waals surface area (Å²) in [6, 6.07) is 6.85. The Bertz CT molecular complexity index is 472. The number of halogens is 1. The number of amides is 1. The zero-order valence-corrected chi connectivity index (χ0v) is 13.3. The minimum atomic E-state index is -0.931. The van der Waals surface area contributed by atoms with Crippen molar-refractivity contribution < 1.29 is 14.7 Å². The maximum absolute atomic E-state index is 12.1. The van der Waals surface area contributed by atoms with Gasteiger partial charge in [0, 0.05) is 10.4 Å². The molecular formula is C15H20BrNO3. The molecule has 1 unspecified atom stereocenters. The molecule has 1 aromatic carbocycles. The van der Waals surface area contributed by atoms with E-state index in [2.05, 4.69) is 21.2 Å². The quantitative estimate of drug-likeness (QED) is 0.797. The van der Waals surface area contributed by atoms with Crippen molar-refractivity contribution in [3.8, 4) is 0 Å². The van der Waals surface area contributed by atoms with Crippen LogP contribution in [0.5, 0.6) is 0 Å². The second-order valence-electron chi connectivity index (χ2n) is 4.73. The lowest BCUT2D eigenvalue weighted by molar-refractivity contribution is -0.138. The number of carboxylic acid groups (broad SMARTS) is 1. The van der Waals surface area contributed by atoms with Gasteiger partial charge in [0.15, 0.2) is 0 Å². The summed E-state index contributed by atoms with van der Waals surface area (Å²) in [7, 11) is 0. The van der Waals surface area contributed by atoms with Gasteiger partial charge in [-0.3, -0.25) is 9.59 Å². The van der Waals surface area contributed by atoms with Crippen LogP contribution in [0.3, 0.4) is 0 Å². The number of aliphatic carboxylic acids is 1. The Morgan fingerprint density at radius 1 is 1.30 bits per heavy atom. The summed E-state index contributed by atoms with van der Waals surface area (Å²) in [4.78, 5) is 23.1. The summed E-state index contributed by atoms with van der Waals surface area (Å²) in [5.74, 6) is -1.08. The van der Waals surface area contributed by atoms with Crippen LogP contribution >= 0.6 is 15.9 Å². The fourth-order valence-corrected chi connectivity index (χ4v) is 2.52. The van der Waals surface area contributed by atoms with Crippen molar-refractivity contribution in [2.45, 2.75) is 39.2 Å². The smallest absolute Gasteiger partial charge is 0.305 e. The maximum Gasteiger partial charge on any atom is 0.305 e. The Kier molecular flexibility index (Phi) is 6.71. The van der Waals surface area contributed by atoms with Crippen LogP contribution in [0.1, 0.15) is 44.7 Å². The molecule has 4 nitrogen and oxygen atoms in total. The van der Waals surface area contributed by atoms with Gasteiger partial charge in [-0.05, 0) is 30.5 Å². The fraction of sp³-hybridized carbons (Fsp3) is 0.467. The molecule has 0 heterocycles. The Labute approximate surface area is 127 Å². The molecule has 0 aliphatic carbocycles. The van der Waals surface area contributed by atoms with Gasteiger partial charge in [-0.1, -0.05) is 41.9 Å². The van der Waals surface area contributed by atoms with Crippen LogP contribution in [0.4, 0.5) is 0 Å². The van der Waals surface area contributed by atoms with Crippen molar-refractivity contribution in [1.29, 1.82) is 0 Å². The molecule has 0 fully saturated rings. The van der Waals surface area contributed by atoms with E-state index in [0.717, 1.165) is 22.9 Å². The predicted molar refractivity (Wildman–Crippen MR) is 81.4 cm³/mol. The van der Waals surface area contributed by atoms with E-state index in [0.29, 0.717) is 0 Å². The normalized spacial score (nSPS) is 12.2. The molecule has 0 saturated carbocycles. The van der Waals surface area contributed by atoms with Gasteiger partial charge in [0.1, 0.15) is 0 Å². The summed E-state index contributed by atoms with van der Waals surface area (Å²) < 4.78 is 0.863. The van der Waals surface area contributed by atoms with Gasteiger partial charge < -0.3 is 10.4 Å². The van der Waals surface area contributed by atoms with Crippen molar-refractivity contribution in [2.75, 3.05) is 0 Å². The zero-order valence-electron chi connectivity index (χ0n) is 11.7. The van der Waals surface area contributed by atoms with Crippen LogP contribution in [0.2, 0.25) is 0 Å². The maximum atomic E-state index is 12.1. The second kappa shape index (κ2) is 8.04. The molecule has 5 heteroatoms. The van der Waals surface area contributed by atoms with Gasteiger partial charge in [-0.25, -0.2) is 0 Å². The van der Waals surface area contributed by atoms with E-state index in [-0.39, 0.29) is 18.2 Å². The first-order chi connectivity index (χ1) is 9.47. The average Bonchev–Trinajstić information content (AvgIpc) is 2.39. The van der Waals surface area contributed by atoms with Gasteiger partial charge >= 0.3 is 5.97 Å². The molecule has 1 amide bonds. The van der Waals surface area contributed by atoms with E-state index >= 15 is 0 Å². The van der Waals surface area contributed by atoms with Gasteiger partial charge in [0.25, 0.3) is 0 Å². The topological polar surface area (TPSA) is 66.4 Å². The van der Waals surface area contributed by atoms with Crippen molar-refractivity contribution in [3.05, 3.63) is 34.3 Å². The predicted octanol–water partition coefficient (Wildman–Crippen LogP) is 3.52. The largest absolute Gasteiger partial charge is 0.481 e. The van der Waals surface area contributed by atoms with Crippen LogP contribution < -0.4 is 5.32 Å². The first-order valence-corrected chi connectivity index (χ1v) is 7.54. The molecule has 1 rings (SSSR count). The zero-order chi connectivity index (χ0) is 15.1. The van der Waals surface area contributed by atoms with E-state index < -0.39 is 12.0 Å². The Balaban J connectivity index is 2.90. The molecule has 0 aromatic heterocycles. The highest BCUT2D eigenvalue weighted by atomic mass is 79.9. The van der Waals surface area contributed by atoms with Gasteiger partial charge in [0.2, 0.25) is 5.91 Å². The van der Waals surface area contributed by atoms with E-state index in [1.165, 1.54) is 0 Å². The van der Waals surface area contributed by atoms with Crippen LogP contribution in [0, 0.1) is 5.92 Å². The van der Waals surface area contributed by atoms with Crippen molar-refractivity contribution in [2.24, 2.45) is 5.92 Å². The van der Waals surface area contributed by atoms with Crippen LogP contribution in [0.15, 0.2) is 28.7 Å². The fourth-order valence-electron chi connectivity index (χ4n) is 2.10. The molecular weight excluding hydrogens is 322 g/mol. The molecule has 1 aromatic rings. The summed E-state index contributed by atoms with van der Waals surface area (Å²) in [5, 5.41) is 11.9. The minimum absolute atomic E-state index is 0.0709. The third-order valence-corrected chi connectivity index (χ3v) is 3.80. The summed E-state index contributed by atoms with van der Waals surface area (Å²) in [5.41, 5.74) is 0.793. The number of rotatable bonds is 7. The number of benzene rings is 1. The molecule has 0 radical (unpaired) electrons. The number of nitrogens with one attached hydrogen (secondary N) is 1. The molecule has 0 spiro atoms. The van der Waals surface area contributed by atoms with Crippen LogP contribution in [0.25, 0.3) is 0 Å². The third-order valence-electron chi connectivity index (χ3n) is 3.30. The summed E-state index contributed by atoms with van der Waals surface area (Å²) in [6.07, 6.45) is 1.38. The standard InChI is InChI=1S/C15H20BrNO3/c1-3-10(4-2)15(20)17-13(9-14(18)19)11-6-5-7-12(16)8-11/h5-8,10,13H,3-4,9H2,1-2H3,(H,17,20)(H,18,19). The van der Waals surface area contributed by atoms with E-state index in [1.54, 1.807) is 0 Å². The van der Waals surface area contributed by atoms with Crippen LogP contribution in [-0.2, 0) is 9.59 Å². The highest BCUT2D eigenvalue weighted by Crippen LogP contribution is 2.22. The van der Waals surface area contributed by atoms with Crippen LogP contribution in [-0.4, -0.2) is 17.0 Å². The van der Waals surface area contributed by atoms with Gasteiger partial charge in [-0.15, -0.1) is 0 Å². The van der Waals surface area contributed by atoms with Crippen molar-refractivity contribution in [3.63, 3.8) is 0 Å².